The van der Waals surface area contributed by atoms with E-state index in [1.54, 1.807) is 12.5 Å². The third-order valence-corrected chi connectivity index (χ3v) is 4.54. The minimum absolute atomic E-state index is 0.00820. The molecule has 20 heavy (non-hydrogen) atoms. The zero-order valence-electron chi connectivity index (χ0n) is 11.1. The van der Waals surface area contributed by atoms with E-state index < -0.39 is 0 Å². The summed E-state index contributed by atoms with van der Waals surface area (Å²) in [6, 6.07) is 1.99. The van der Waals surface area contributed by atoms with Crippen LogP contribution in [0, 0.1) is 0 Å². The molecule has 1 fully saturated rings. The van der Waals surface area contributed by atoms with Crippen molar-refractivity contribution in [2.24, 2.45) is 5.73 Å². The Morgan fingerprint density at radius 2 is 2.45 bits per heavy atom. The van der Waals surface area contributed by atoms with Gasteiger partial charge in [-0.2, -0.15) is 0 Å². The Bertz CT molecular complexity index is 579. The zero-order valence-corrected chi connectivity index (χ0v) is 11.9. The summed E-state index contributed by atoms with van der Waals surface area (Å²) in [5.74, 6) is -0.00820. The van der Waals surface area contributed by atoms with E-state index in [9.17, 15) is 4.79 Å². The molecule has 0 bridgehead atoms. The fourth-order valence-corrected chi connectivity index (χ4v) is 3.33. The number of nitrogens with two attached hydrogens (primary N) is 1. The molecule has 2 aromatic rings. The lowest BCUT2D eigenvalue weighted by molar-refractivity contribution is 0.0618. The van der Waals surface area contributed by atoms with E-state index in [1.807, 2.05) is 16.3 Å². The van der Waals surface area contributed by atoms with Gasteiger partial charge in [0.05, 0.1) is 6.26 Å². The molecule has 0 aliphatic carbocycles. The number of likely N-dealkylation sites (tertiary alicyclic amines) is 1. The van der Waals surface area contributed by atoms with Gasteiger partial charge in [-0.15, -0.1) is 11.3 Å². The van der Waals surface area contributed by atoms with Gasteiger partial charge in [-0.05, 0) is 25.3 Å². The summed E-state index contributed by atoms with van der Waals surface area (Å²) in [5.41, 5.74) is 7.18. The van der Waals surface area contributed by atoms with Gasteiger partial charge in [0.2, 0.25) is 0 Å². The molecule has 1 aliphatic heterocycles. The minimum Gasteiger partial charge on any atom is -0.472 e. The highest BCUT2D eigenvalue weighted by molar-refractivity contribution is 7.13. The number of carbonyl (C=O) groups is 1. The molecular weight excluding hydrogens is 274 g/mol. The van der Waals surface area contributed by atoms with E-state index in [1.165, 1.54) is 11.3 Å². The fraction of sp³-hybridized carbons (Fsp3) is 0.429. The molecule has 1 atom stereocenters. The van der Waals surface area contributed by atoms with E-state index in [0.29, 0.717) is 12.2 Å². The van der Waals surface area contributed by atoms with Gasteiger partial charge in [-0.1, -0.05) is 0 Å². The lowest BCUT2D eigenvalue weighted by atomic mass is 10.0. The Labute approximate surface area is 121 Å². The topological polar surface area (TPSA) is 72.4 Å². The van der Waals surface area contributed by atoms with Gasteiger partial charge in [0.1, 0.15) is 17.0 Å². The third-order valence-electron chi connectivity index (χ3n) is 3.65. The Balaban J connectivity index is 1.80. The van der Waals surface area contributed by atoms with E-state index in [0.717, 1.165) is 36.4 Å². The normalized spacial score (nSPS) is 19.2. The van der Waals surface area contributed by atoms with Crippen LogP contribution in [-0.4, -0.2) is 34.9 Å². The van der Waals surface area contributed by atoms with Crippen molar-refractivity contribution < 1.29 is 9.21 Å². The Hall–Kier alpha value is -1.66. The summed E-state index contributed by atoms with van der Waals surface area (Å²) in [4.78, 5) is 18.8. The standard InChI is InChI=1S/C14H17N3O2S/c15-7-11-3-1-2-5-17(11)14(18)12-9-20-13(16-12)10-4-6-19-8-10/h4,6,8-9,11H,1-3,5,7,15H2. The average Bonchev–Trinajstić information content (AvgIpc) is 3.16. The van der Waals surface area contributed by atoms with E-state index in [2.05, 4.69) is 4.98 Å². The molecule has 1 saturated heterocycles. The monoisotopic (exact) mass is 291 g/mol. The number of aromatic nitrogens is 1. The van der Waals surface area contributed by atoms with Gasteiger partial charge >= 0.3 is 0 Å². The predicted octanol–water partition coefficient (Wildman–Crippen LogP) is 2.36. The molecule has 0 radical (unpaired) electrons. The SMILES string of the molecule is NCC1CCCCN1C(=O)c1csc(-c2ccoc2)n1. The van der Waals surface area contributed by atoms with Crippen molar-refractivity contribution in [3.8, 4) is 10.6 Å². The van der Waals surface area contributed by atoms with Crippen LogP contribution in [0.25, 0.3) is 10.6 Å². The molecule has 6 heteroatoms. The quantitative estimate of drug-likeness (QED) is 0.942. The van der Waals surface area contributed by atoms with Crippen LogP contribution < -0.4 is 5.73 Å². The first-order chi connectivity index (χ1) is 9.79. The summed E-state index contributed by atoms with van der Waals surface area (Å²) in [6.07, 6.45) is 6.41. The van der Waals surface area contributed by atoms with Gasteiger partial charge in [0, 0.05) is 30.1 Å². The molecule has 1 aliphatic rings. The van der Waals surface area contributed by atoms with Crippen molar-refractivity contribution in [1.82, 2.24) is 9.88 Å². The van der Waals surface area contributed by atoms with Crippen LogP contribution in [0.2, 0.25) is 0 Å². The first-order valence-corrected chi connectivity index (χ1v) is 7.66. The van der Waals surface area contributed by atoms with Crippen LogP contribution in [0.5, 0.6) is 0 Å². The van der Waals surface area contributed by atoms with Crippen LogP contribution in [0.3, 0.4) is 0 Å². The number of piperidine rings is 1. The maximum Gasteiger partial charge on any atom is 0.273 e. The summed E-state index contributed by atoms with van der Waals surface area (Å²) in [5, 5.41) is 2.62. The largest absolute Gasteiger partial charge is 0.472 e. The smallest absolute Gasteiger partial charge is 0.273 e. The summed E-state index contributed by atoms with van der Waals surface area (Å²) < 4.78 is 5.04. The van der Waals surface area contributed by atoms with E-state index >= 15 is 0 Å². The molecule has 0 spiro atoms. The first kappa shape index (κ1) is 13.3. The third kappa shape index (κ3) is 2.48. The molecule has 3 rings (SSSR count). The average molecular weight is 291 g/mol. The molecule has 1 amide bonds. The Morgan fingerprint density at radius 3 is 3.20 bits per heavy atom. The van der Waals surface area contributed by atoms with Crippen LogP contribution in [0.4, 0.5) is 0 Å². The highest BCUT2D eigenvalue weighted by Crippen LogP contribution is 2.26. The maximum absolute atomic E-state index is 12.5. The van der Waals surface area contributed by atoms with Gasteiger partial charge in [0.15, 0.2) is 0 Å². The highest BCUT2D eigenvalue weighted by Gasteiger charge is 2.27. The number of furan rings is 1. The summed E-state index contributed by atoms with van der Waals surface area (Å²) in [6.45, 7) is 1.30. The number of thiazole rings is 1. The van der Waals surface area contributed by atoms with Crippen molar-refractivity contribution in [2.45, 2.75) is 25.3 Å². The molecule has 0 aromatic carbocycles. The number of carbonyl (C=O) groups excluding carboxylic acids is 1. The lowest BCUT2D eigenvalue weighted by Crippen LogP contribution is -2.47. The summed E-state index contributed by atoms with van der Waals surface area (Å²) in [7, 11) is 0. The van der Waals surface area contributed by atoms with Crippen molar-refractivity contribution >= 4 is 17.2 Å². The van der Waals surface area contributed by atoms with Gasteiger partial charge in [0.25, 0.3) is 5.91 Å². The van der Waals surface area contributed by atoms with Gasteiger partial charge in [-0.3, -0.25) is 4.79 Å². The molecule has 3 heterocycles. The van der Waals surface area contributed by atoms with E-state index in [-0.39, 0.29) is 11.9 Å². The minimum atomic E-state index is -0.00820. The molecule has 106 valence electrons. The second kappa shape index (κ2) is 5.76. The first-order valence-electron chi connectivity index (χ1n) is 6.78. The van der Waals surface area contributed by atoms with Crippen molar-refractivity contribution in [2.75, 3.05) is 13.1 Å². The van der Waals surface area contributed by atoms with Crippen molar-refractivity contribution in [1.29, 1.82) is 0 Å². The summed E-state index contributed by atoms with van der Waals surface area (Å²) >= 11 is 1.46. The molecule has 2 aromatic heterocycles. The molecule has 2 N–H and O–H groups in total. The lowest BCUT2D eigenvalue weighted by Gasteiger charge is -2.34. The number of rotatable bonds is 3. The van der Waals surface area contributed by atoms with Crippen LogP contribution >= 0.6 is 11.3 Å². The molecule has 5 nitrogen and oxygen atoms in total. The Kier molecular flexibility index (Phi) is 3.84. The van der Waals surface area contributed by atoms with Crippen molar-refractivity contribution in [3.05, 3.63) is 29.7 Å². The fourth-order valence-electron chi connectivity index (χ4n) is 2.55. The van der Waals surface area contributed by atoms with E-state index in [4.69, 9.17) is 10.2 Å². The number of amides is 1. The second-order valence-electron chi connectivity index (χ2n) is 4.93. The highest BCUT2D eigenvalue weighted by atomic mass is 32.1. The van der Waals surface area contributed by atoms with Gasteiger partial charge < -0.3 is 15.1 Å². The van der Waals surface area contributed by atoms with Gasteiger partial charge in [-0.25, -0.2) is 4.98 Å². The second-order valence-corrected chi connectivity index (χ2v) is 5.79. The van der Waals surface area contributed by atoms with Crippen LogP contribution in [0.15, 0.2) is 28.4 Å². The van der Waals surface area contributed by atoms with Crippen LogP contribution in [-0.2, 0) is 0 Å². The number of nitrogens with zero attached hydrogens (tertiary/aromatic N) is 2. The molecule has 1 unspecified atom stereocenters. The predicted molar refractivity (Wildman–Crippen MR) is 77.5 cm³/mol. The number of hydrogen-bond donors (Lipinski definition) is 1. The number of hydrogen-bond acceptors (Lipinski definition) is 5. The molecular formula is C14H17N3O2S. The maximum atomic E-state index is 12.5. The molecule has 0 saturated carbocycles. The zero-order chi connectivity index (χ0) is 13.9. The Morgan fingerprint density at radius 1 is 1.55 bits per heavy atom. The van der Waals surface area contributed by atoms with Crippen molar-refractivity contribution in [3.63, 3.8) is 0 Å². The van der Waals surface area contributed by atoms with Crippen LogP contribution in [0.1, 0.15) is 29.8 Å².